The Labute approximate surface area is 481 Å². The molecule has 6 aromatic rings. The second-order valence-electron chi connectivity index (χ2n) is 21.3. The van der Waals surface area contributed by atoms with Gasteiger partial charge in [-0.3, -0.25) is 28.7 Å². The zero-order valence-electron chi connectivity index (χ0n) is 46.6. The Bertz CT molecular complexity index is 3100. The minimum absolute atomic E-state index is 0.00381. The molecule has 0 saturated carbocycles. The van der Waals surface area contributed by atoms with Crippen LogP contribution in [-0.2, 0) is 39.9 Å². The molecular formula is C60H73ClN8O9S2. The van der Waals surface area contributed by atoms with Crippen molar-refractivity contribution in [2.24, 2.45) is 10.4 Å². The molecule has 2 aliphatic rings. The molecule has 5 heterocycles. The summed E-state index contributed by atoms with van der Waals surface area (Å²) >= 11 is 9.61. The van der Waals surface area contributed by atoms with Crippen molar-refractivity contribution in [1.82, 2.24) is 30.3 Å². The molecule has 80 heavy (non-hydrogen) atoms. The minimum Gasteiger partial charge on any atom is -0.494 e. The number of aliphatic hydroxyl groups excluding tert-OH is 1. The normalized spacial score (nSPS) is 16.3. The molecule has 3 aromatic carbocycles. The third-order valence-electron chi connectivity index (χ3n) is 14.0. The summed E-state index contributed by atoms with van der Waals surface area (Å²) in [6, 6.07) is 22.6. The largest absolute Gasteiger partial charge is 0.494 e. The molecule has 0 spiro atoms. The molecular weight excluding hydrogens is 1080 g/mol. The van der Waals surface area contributed by atoms with Gasteiger partial charge in [-0.15, -0.1) is 32.9 Å². The highest BCUT2D eigenvalue weighted by Crippen LogP contribution is 2.40. The summed E-state index contributed by atoms with van der Waals surface area (Å²) in [5.74, 6) is 0.601. The van der Waals surface area contributed by atoms with Gasteiger partial charge in [-0.05, 0) is 122 Å². The maximum Gasteiger partial charge on any atom is 0.246 e. The van der Waals surface area contributed by atoms with E-state index in [2.05, 4.69) is 58.4 Å². The van der Waals surface area contributed by atoms with Crippen LogP contribution in [0.25, 0.3) is 15.4 Å². The van der Waals surface area contributed by atoms with Gasteiger partial charge in [0.05, 0.1) is 24.8 Å². The van der Waals surface area contributed by atoms with E-state index in [1.54, 1.807) is 22.7 Å². The Morgan fingerprint density at radius 1 is 0.800 bits per heavy atom. The Balaban J connectivity index is 0.662. The molecule has 0 aliphatic carbocycles. The van der Waals surface area contributed by atoms with Crippen molar-refractivity contribution < 1.29 is 43.2 Å². The van der Waals surface area contributed by atoms with E-state index in [4.69, 9.17) is 35.5 Å². The van der Waals surface area contributed by atoms with Gasteiger partial charge < -0.3 is 44.9 Å². The monoisotopic (exact) mass is 1150 g/mol. The summed E-state index contributed by atoms with van der Waals surface area (Å²) in [5, 5.41) is 32.0. The van der Waals surface area contributed by atoms with Crippen molar-refractivity contribution in [3.8, 4) is 21.2 Å². The number of carbonyl (C=O) groups is 4. The number of unbranched alkanes of at least 4 members (excludes halogenated alkanes) is 1. The molecule has 1 fully saturated rings. The van der Waals surface area contributed by atoms with Crippen molar-refractivity contribution >= 4 is 69.3 Å². The van der Waals surface area contributed by atoms with Gasteiger partial charge in [-0.25, -0.2) is 0 Å². The number of hydrogen-bond donors (Lipinski definition) is 4. The number of aromatic nitrogens is 3. The summed E-state index contributed by atoms with van der Waals surface area (Å²) < 4.78 is 25.2. The summed E-state index contributed by atoms with van der Waals surface area (Å²) in [7, 11) is 0. The molecule has 4 atom stereocenters. The molecule has 0 radical (unpaired) electrons. The molecule has 17 nitrogen and oxygen atoms in total. The second kappa shape index (κ2) is 27.9. The fourth-order valence-electron chi connectivity index (χ4n) is 9.62. The number of β-amino-alcohol motifs (C(OH)–C–C–N with tert-alkyl or cyclic N) is 1. The van der Waals surface area contributed by atoms with Crippen molar-refractivity contribution in [3.63, 3.8) is 0 Å². The topological polar surface area (TPSA) is 208 Å². The van der Waals surface area contributed by atoms with Crippen LogP contribution in [0.5, 0.6) is 5.75 Å². The zero-order chi connectivity index (χ0) is 56.9. The molecule has 4 amide bonds. The lowest BCUT2D eigenvalue weighted by atomic mass is 9.85. The Morgan fingerprint density at radius 3 is 2.14 bits per heavy atom. The van der Waals surface area contributed by atoms with Crippen LogP contribution in [0.3, 0.4) is 0 Å². The van der Waals surface area contributed by atoms with Crippen LogP contribution < -0.4 is 20.7 Å². The van der Waals surface area contributed by atoms with E-state index in [-0.39, 0.29) is 44.4 Å². The highest BCUT2D eigenvalue weighted by molar-refractivity contribution is 7.15. The standard InChI is InChI=1S/C60H73ClN8O9S2/c1-37-24-31-79-54(37)43-14-12-41(13-15-43)34-62-57(73)49-32-46(70)35-68(49)58(74)55(60(5,6)7)65-51(72)36-77-29-10-27-75-25-8-9-26-76-28-11-30-78-47-22-20-45(21-23-47)63-50(71)33-48-56-67-66-40(4)69(56)59-52(38(2)39(3)80-59)53(64-48)42-16-18-44(61)19-17-42/h12-24,31,46,48-49,55,70H,8-11,25-30,32-36H2,1-7H3,(H,62,73)(H,63,71)(H,65,72)/t46-,48+,49+,55-/m1/s1. The first-order valence-electron chi connectivity index (χ1n) is 27.3. The SMILES string of the molecule is Cc1ccsc1-c1ccc(CNC(=O)[C@@H]2C[C@@H](O)CN2C(=O)[C@@H](NC(=O)COCCCOCCCCOCCCOc2ccc(NC(=O)C[C@@H]3N=C(c4ccc(Cl)cc4)c4c(sc(C)c4C)-n4c(C)nnc43)cc2)C(C)(C)C)cc1. The van der Waals surface area contributed by atoms with Gasteiger partial charge in [0, 0.05) is 90.6 Å². The van der Waals surface area contributed by atoms with Gasteiger partial charge in [0.2, 0.25) is 23.6 Å². The summed E-state index contributed by atoms with van der Waals surface area (Å²) in [6.45, 7) is 16.7. The number of aliphatic imine (C=N–C) groups is 1. The van der Waals surface area contributed by atoms with E-state index < -0.39 is 41.5 Å². The highest BCUT2D eigenvalue weighted by Gasteiger charge is 2.44. The molecule has 3 aromatic heterocycles. The lowest BCUT2D eigenvalue weighted by Crippen LogP contribution is -2.58. The number of carbonyl (C=O) groups excluding carboxylic acids is 4. The Hall–Kier alpha value is -6.32. The first kappa shape index (κ1) is 59.8. The van der Waals surface area contributed by atoms with Crippen LogP contribution in [0.2, 0.25) is 5.02 Å². The second-order valence-corrected chi connectivity index (χ2v) is 23.9. The fraction of sp³-hybridized carbons (Fsp3) is 0.450. The predicted molar refractivity (Wildman–Crippen MR) is 313 cm³/mol. The minimum atomic E-state index is -0.945. The number of nitrogens with zero attached hydrogens (tertiary/aromatic N) is 5. The molecule has 1 saturated heterocycles. The van der Waals surface area contributed by atoms with Crippen LogP contribution in [0, 0.1) is 33.1 Å². The quantitative estimate of drug-likeness (QED) is 0.0376. The van der Waals surface area contributed by atoms with Gasteiger partial charge in [-0.2, -0.15) is 0 Å². The Morgan fingerprint density at radius 2 is 1.46 bits per heavy atom. The number of rotatable bonds is 26. The number of nitrogens with one attached hydrogen (secondary N) is 3. The predicted octanol–water partition coefficient (Wildman–Crippen LogP) is 9.66. The van der Waals surface area contributed by atoms with Crippen LogP contribution in [0.1, 0.15) is 110 Å². The molecule has 8 rings (SSSR count). The van der Waals surface area contributed by atoms with Crippen LogP contribution in [0.15, 0.2) is 89.2 Å². The van der Waals surface area contributed by atoms with Gasteiger partial charge >= 0.3 is 0 Å². The van der Waals surface area contributed by atoms with Crippen LogP contribution >= 0.6 is 34.3 Å². The first-order valence-corrected chi connectivity index (χ1v) is 29.3. The zero-order valence-corrected chi connectivity index (χ0v) is 49.0. The number of anilines is 1. The number of hydrogen-bond acceptors (Lipinski definition) is 14. The summed E-state index contributed by atoms with van der Waals surface area (Å²) in [6.07, 6.45) is 2.29. The van der Waals surface area contributed by atoms with Crippen molar-refractivity contribution in [1.29, 1.82) is 0 Å². The van der Waals surface area contributed by atoms with Gasteiger partial charge in [-0.1, -0.05) is 68.8 Å². The van der Waals surface area contributed by atoms with E-state index in [1.807, 2.05) is 105 Å². The van der Waals surface area contributed by atoms with E-state index in [1.165, 1.54) is 20.2 Å². The number of aryl methyl sites for hydroxylation is 3. The maximum absolute atomic E-state index is 14.0. The van der Waals surface area contributed by atoms with Crippen LogP contribution in [-0.4, -0.2) is 125 Å². The average Bonchev–Trinajstić information content (AvgIpc) is 4.21. The first-order chi connectivity index (χ1) is 38.4. The van der Waals surface area contributed by atoms with Crippen molar-refractivity contribution in [2.75, 3.05) is 58.1 Å². The summed E-state index contributed by atoms with van der Waals surface area (Å²) in [4.78, 5) is 63.0. The molecule has 2 aliphatic heterocycles. The smallest absolute Gasteiger partial charge is 0.246 e. The van der Waals surface area contributed by atoms with Gasteiger partial charge in [0.1, 0.15) is 41.3 Å². The number of halogens is 1. The number of thiophene rings is 2. The lowest BCUT2D eigenvalue weighted by molar-refractivity contribution is -0.144. The highest BCUT2D eigenvalue weighted by atomic mass is 35.5. The van der Waals surface area contributed by atoms with Crippen molar-refractivity contribution in [2.45, 2.75) is 118 Å². The van der Waals surface area contributed by atoms with Gasteiger partial charge in [0.25, 0.3) is 0 Å². The third-order valence-corrected chi connectivity index (χ3v) is 16.6. The van der Waals surface area contributed by atoms with Crippen molar-refractivity contribution in [3.05, 3.63) is 134 Å². The molecule has 0 bridgehead atoms. The Kier molecular flexibility index (Phi) is 20.9. The number of amides is 4. The maximum atomic E-state index is 14.0. The van der Waals surface area contributed by atoms with E-state index >= 15 is 0 Å². The van der Waals surface area contributed by atoms with E-state index in [0.717, 1.165) is 57.2 Å². The average molecular weight is 1150 g/mol. The number of fused-ring (bicyclic) bond motifs is 3. The molecule has 4 N–H and O–H groups in total. The lowest BCUT2D eigenvalue weighted by Gasteiger charge is -2.35. The molecule has 0 unspecified atom stereocenters. The summed E-state index contributed by atoms with van der Waals surface area (Å²) in [5.41, 5.74) is 7.04. The molecule has 426 valence electrons. The number of aliphatic hydroxyl groups is 1. The van der Waals surface area contributed by atoms with E-state index in [0.29, 0.717) is 74.8 Å². The number of ether oxygens (including phenoxy) is 4. The number of likely N-dealkylation sites (tertiary alicyclic amines) is 1. The van der Waals surface area contributed by atoms with E-state index in [9.17, 15) is 24.3 Å². The number of benzene rings is 3. The molecule has 20 heteroatoms. The van der Waals surface area contributed by atoms with Gasteiger partial charge in [0.15, 0.2) is 5.82 Å². The third kappa shape index (κ3) is 15.6. The van der Waals surface area contributed by atoms with Crippen LogP contribution in [0.4, 0.5) is 5.69 Å². The fourth-order valence-corrected chi connectivity index (χ4v) is 11.9.